The first-order valence-electron chi connectivity index (χ1n) is 9.53. The topological polar surface area (TPSA) is 63.8 Å². The third-order valence-electron chi connectivity index (χ3n) is 4.59. The van der Waals surface area contributed by atoms with Crippen LogP contribution < -0.4 is 9.80 Å². The number of nitrogens with one attached hydrogen (secondary N) is 2. The van der Waals surface area contributed by atoms with E-state index >= 15 is 0 Å². The molecule has 0 unspecified atom stereocenters. The summed E-state index contributed by atoms with van der Waals surface area (Å²) in [6.45, 7) is 0. The van der Waals surface area contributed by atoms with Gasteiger partial charge < -0.3 is 9.80 Å². The van der Waals surface area contributed by atoms with Crippen LogP contribution in [-0.2, 0) is 0 Å². The van der Waals surface area contributed by atoms with E-state index in [0.717, 1.165) is 43.9 Å². The largest absolute Gasteiger partial charge is 0.360 e. The van der Waals surface area contributed by atoms with Gasteiger partial charge in [-0.1, -0.05) is 60.7 Å². The summed E-state index contributed by atoms with van der Waals surface area (Å²) in [5, 5.41) is 15.6. The standard InChI is InChI=1S/C22H24N6S2/c1-27(2)21-19(17(23-25-21)15-11-7-5-8-12-15)29-30-20-18(16-13-9-6-10-14-16)24-26-22(20)28(3)4/h5-14H,1-4H3,(H,23,25)(H,24,26). The molecule has 6 nitrogen and oxygen atoms in total. The number of hydrogen-bond donors (Lipinski definition) is 2. The Labute approximate surface area is 184 Å². The van der Waals surface area contributed by atoms with Gasteiger partial charge in [-0.05, 0) is 21.6 Å². The van der Waals surface area contributed by atoms with Gasteiger partial charge in [-0.2, -0.15) is 10.2 Å². The first-order valence-corrected chi connectivity index (χ1v) is 11.7. The molecular formula is C22H24N6S2. The van der Waals surface area contributed by atoms with Crippen molar-refractivity contribution < 1.29 is 0 Å². The quantitative estimate of drug-likeness (QED) is 0.378. The monoisotopic (exact) mass is 436 g/mol. The van der Waals surface area contributed by atoms with Gasteiger partial charge in [-0.15, -0.1) is 0 Å². The van der Waals surface area contributed by atoms with Crippen LogP contribution in [0.15, 0.2) is 70.5 Å². The molecule has 0 fully saturated rings. The lowest BCUT2D eigenvalue weighted by atomic mass is 10.1. The molecular weight excluding hydrogens is 412 g/mol. The molecule has 2 aromatic heterocycles. The number of benzene rings is 2. The average molecular weight is 437 g/mol. The number of rotatable bonds is 7. The minimum Gasteiger partial charge on any atom is -0.360 e. The zero-order chi connectivity index (χ0) is 21.1. The van der Waals surface area contributed by atoms with Gasteiger partial charge in [0.1, 0.15) is 0 Å². The Balaban J connectivity index is 1.72. The average Bonchev–Trinajstić information content (AvgIpc) is 3.38. The van der Waals surface area contributed by atoms with Crippen LogP contribution in [0.5, 0.6) is 0 Å². The van der Waals surface area contributed by atoms with Gasteiger partial charge >= 0.3 is 0 Å². The van der Waals surface area contributed by atoms with Crippen molar-refractivity contribution in [1.29, 1.82) is 0 Å². The fourth-order valence-corrected chi connectivity index (χ4v) is 5.81. The predicted molar refractivity (Wildman–Crippen MR) is 128 cm³/mol. The summed E-state index contributed by atoms with van der Waals surface area (Å²) in [6.07, 6.45) is 0. The summed E-state index contributed by atoms with van der Waals surface area (Å²) in [5.41, 5.74) is 4.27. The maximum atomic E-state index is 4.56. The van der Waals surface area contributed by atoms with Crippen molar-refractivity contribution in [2.75, 3.05) is 38.0 Å². The molecule has 4 rings (SSSR count). The second-order valence-electron chi connectivity index (χ2n) is 7.19. The number of nitrogens with zero attached hydrogens (tertiary/aromatic N) is 4. The summed E-state index contributed by atoms with van der Waals surface area (Å²) < 4.78 is 0. The van der Waals surface area contributed by atoms with Gasteiger partial charge in [-0.25, -0.2) is 0 Å². The molecule has 2 N–H and O–H groups in total. The van der Waals surface area contributed by atoms with E-state index in [9.17, 15) is 0 Å². The minimum atomic E-state index is 0.919. The Bertz CT molecular complexity index is 1010. The van der Waals surface area contributed by atoms with Crippen LogP contribution in [0.25, 0.3) is 22.5 Å². The zero-order valence-electron chi connectivity index (χ0n) is 17.4. The summed E-state index contributed by atoms with van der Waals surface area (Å²) >= 11 is 0. The summed E-state index contributed by atoms with van der Waals surface area (Å²) in [7, 11) is 11.4. The summed E-state index contributed by atoms with van der Waals surface area (Å²) in [6, 6.07) is 20.6. The minimum absolute atomic E-state index is 0.919. The molecule has 0 bridgehead atoms. The number of aromatic nitrogens is 4. The normalized spacial score (nSPS) is 10.9. The van der Waals surface area contributed by atoms with Crippen molar-refractivity contribution in [3.63, 3.8) is 0 Å². The number of aromatic amines is 2. The highest BCUT2D eigenvalue weighted by molar-refractivity contribution is 8.76. The van der Waals surface area contributed by atoms with E-state index in [1.807, 2.05) is 74.4 Å². The number of H-pyrrole nitrogens is 2. The van der Waals surface area contributed by atoms with Crippen LogP contribution in [-0.4, -0.2) is 48.6 Å². The fourth-order valence-electron chi connectivity index (χ4n) is 3.09. The van der Waals surface area contributed by atoms with Crippen molar-refractivity contribution in [1.82, 2.24) is 20.4 Å². The van der Waals surface area contributed by atoms with Gasteiger partial charge in [0, 0.05) is 39.3 Å². The van der Waals surface area contributed by atoms with E-state index in [1.54, 1.807) is 21.6 Å². The highest BCUT2D eigenvalue weighted by Gasteiger charge is 2.22. The van der Waals surface area contributed by atoms with Gasteiger partial charge in [0.15, 0.2) is 11.6 Å². The second kappa shape index (κ2) is 8.89. The molecule has 0 aliphatic rings. The van der Waals surface area contributed by atoms with Crippen LogP contribution >= 0.6 is 21.6 Å². The van der Waals surface area contributed by atoms with Crippen molar-refractivity contribution in [3.05, 3.63) is 60.7 Å². The van der Waals surface area contributed by atoms with Crippen molar-refractivity contribution in [2.24, 2.45) is 0 Å². The highest BCUT2D eigenvalue weighted by Crippen LogP contribution is 2.49. The first kappa shape index (κ1) is 20.4. The molecule has 0 amide bonds. The van der Waals surface area contributed by atoms with Crippen LogP contribution in [0, 0.1) is 0 Å². The smallest absolute Gasteiger partial charge is 0.165 e. The molecule has 0 spiro atoms. The molecule has 30 heavy (non-hydrogen) atoms. The van der Waals surface area contributed by atoms with E-state index < -0.39 is 0 Å². The third-order valence-corrected chi connectivity index (χ3v) is 7.03. The van der Waals surface area contributed by atoms with Crippen LogP contribution in [0.3, 0.4) is 0 Å². The second-order valence-corrected chi connectivity index (χ2v) is 9.34. The highest BCUT2D eigenvalue weighted by atomic mass is 33.1. The third kappa shape index (κ3) is 4.06. The Morgan fingerprint density at radius 2 is 0.967 bits per heavy atom. The zero-order valence-corrected chi connectivity index (χ0v) is 19.0. The molecule has 0 aliphatic carbocycles. The molecule has 0 saturated heterocycles. The first-order chi connectivity index (χ1) is 14.6. The molecule has 0 saturated carbocycles. The van der Waals surface area contributed by atoms with Gasteiger partial charge in [-0.3, -0.25) is 10.2 Å². The number of hydrogen-bond acceptors (Lipinski definition) is 6. The molecule has 8 heteroatoms. The molecule has 154 valence electrons. The van der Waals surface area contributed by atoms with E-state index in [0.29, 0.717) is 0 Å². The molecule has 0 radical (unpaired) electrons. The number of anilines is 2. The van der Waals surface area contributed by atoms with E-state index in [4.69, 9.17) is 0 Å². The van der Waals surface area contributed by atoms with Crippen molar-refractivity contribution >= 4 is 33.2 Å². The Morgan fingerprint density at radius 3 is 1.30 bits per heavy atom. The van der Waals surface area contributed by atoms with E-state index in [1.165, 1.54) is 0 Å². The maximum absolute atomic E-state index is 4.56. The van der Waals surface area contributed by atoms with Gasteiger partial charge in [0.2, 0.25) is 0 Å². The van der Waals surface area contributed by atoms with Crippen LogP contribution in [0.1, 0.15) is 0 Å². The lowest BCUT2D eigenvalue weighted by Gasteiger charge is -2.14. The van der Waals surface area contributed by atoms with Crippen molar-refractivity contribution in [3.8, 4) is 22.5 Å². The molecule has 2 heterocycles. The Kier molecular flexibility index (Phi) is 6.06. The summed E-state index contributed by atoms with van der Waals surface area (Å²) in [5.74, 6) is 1.84. The molecule has 2 aromatic carbocycles. The lowest BCUT2D eigenvalue weighted by Crippen LogP contribution is -2.10. The maximum Gasteiger partial charge on any atom is 0.165 e. The lowest BCUT2D eigenvalue weighted by molar-refractivity contribution is 1.01. The van der Waals surface area contributed by atoms with Gasteiger partial charge in [0.25, 0.3) is 0 Å². The van der Waals surface area contributed by atoms with E-state index in [2.05, 4.69) is 44.7 Å². The molecule has 0 atom stereocenters. The molecule has 4 aromatic rings. The fraction of sp³-hybridized carbons (Fsp3) is 0.182. The SMILES string of the molecule is CN(C)c1n[nH]c(-c2ccccc2)c1SSc1c(N(C)C)n[nH]c1-c1ccccc1. The summed E-state index contributed by atoms with van der Waals surface area (Å²) in [4.78, 5) is 6.26. The predicted octanol–water partition coefficient (Wildman–Crippen LogP) is 5.40. The van der Waals surface area contributed by atoms with Crippen LogP contribution in [0.4, 0.5) is 11.6 Å². The Hall–Kier alpha value is -2.84. The van der Waals surface area contributed by atoms with E-state index in [-0.39, 0.29) is 0 Å². The van der Waals surface area contributed by atoms with Crippen molar-refractivity contribution in [2.45, 2.75) is 9.79 Å². The van der Waals surface area contributed by atoms with Gasteiger partial charge in [0.05, 0.1) is 21.2 Å². The Morgan fingerprint density at radius 1 is 0.600 bits per heavy atom. The molecule has 0 aliphatic heterocycles. The van der Waals surface area contributed by atoms with Crippen LogP contribution in [0.2, 0.25) is 0 Å².